The van der Waals surface area contributed by atoms with E-state index in [1.807, 2.05) is 0 Å². The molecule has 0 aliphatic heterocycles. The Morgan fingerprint density at radius 2 is 1.82 bits per heavy atom. The van der Waals surface area contributed by atoms with E-state index in [9.17, 15) is 31.4 Å². The van der Waals surface area contributed by atoms with Gasteiger partial charge < -0.3 is 15.2 Å². The maximum Gasteiger partial charge on any atom is 0.422 e. The van der Waals surface area contributed by atoms with Crippen LogP contribution in [0.25, 0.3) is 0 Å². The maximum atomic E-state index is 12.6. The number of alkyl halides is 7. The summed E-state index contributed by atoms with van der Waals surface area (Å²) in [4.78, 5) is 0. The zero-order valence-corrected chi connectivity index (χ0v) is 11.7. The Labute approximate surface area is 126 Å². The van der Waals surface area contributed by atoms with E-state index in [0.717, 1.165) is 6.07 Å². The van der Waals surface area contributed by atoms with Crippen LogP contribution in [-0.2, 0) is 6.18 Å². The topological polar surface area (TPSA) is 41.5 Å². The Morgan fingerprint density at radius 3 is 2.32 bits per heavy atom. The molecule has 3 nitrogen and oxygen atoms in total. The first-order chi connectivity index (χ1) is 10.0. The van der Waals surface area contributed by atoms with Crippen molar-refractivity contribution in [3.63, 3.8) is 0 Å². The van der Waals surface area contributed by atoms with Gasteiger partial charge in [0.2, 0.25) is 0 Å². The van der Waals surface area contributed by atoms with Crippen LogP contribution in [0.5, 0.6) is 5.75 Å². The van der Waals surface area contributed by atoms with E-state index in [-0.39, 0.29) is 18.1 Å². The Morgan fingerprint density at radius 1 is 1.18 bits per heavy atom. The normalized spacial score (nSPS) is 13.8. The number of rotatable bonds is 6. The third kappa shape index (κ3) is 6.18. The summed E-state index contributed by atoms with van der Waals surface area (Å²) >= 11 is 5.33. The van der Waals surface area contributed by atoms with Crippen molar-refractivity contribution in [2.75, 3.05) is 24.3 Å². The molecule has 0 aromatic heterocycles. The molecule has 0 saturated carbocycles. The highest BCUT2D eigenvalue weighted by Gasteiger charge is 2.32. The quantitative estimate of drug-likeness (QED) is 0.607. The fraction of sp³-hybridized carbons (Fsp3) is 0.500. The van der Waals surface area contributed by atoms with E-state index in [0.29, 0.717) is 12.1 Å². The highest BCUT2D eigenvalue weighted by molar-refractivity contribution is 6.18. The van der Waals surface area contributed by atoms with Crippen LogP contribution < -0.4 is 10.1 Å². The van der Waals surface area contributed by atoms with Crippen LogP contribution in [0, 0.1) is 0 Å². The summed E-state index contributed by atoms with van der Waals surface area (Å²) in [5.74, 6) is -0.600. The van der Waals surface area contributed by atoms with Crippen molar-refractivity contribution in [2.45, 2.75) is 18.5 Å². The number of hydrogen-bond donors (Lipinski definition) is 2. The lowest BCUT2D eigenvalue weighted by Crippen LogP contribution is -2.23. The van der Waals surface area contributed by atoms with Gasteiger partial charge in [-0.3, -0.25) is 0 Å². The maximum absolute atomic E-state index is 12.6. The van der Waals surface area contributed by atoms with Gasteiger partial charge >= 0.3 is 12.4 Å². The van der Waals surface area contributed by atoms with Gasteiger partial charge in [-0.15, -0.1) is 11.6 Å². The van der Waals surface area contributed by atoms with Crippen LogP contribution in [0.15, 0.2) is 18.2 Å². The van der Waals surface area contributed by atoms with Crippen molar-refractivity contribution in [1.29, 1.82) is 0 Å². The highest BCUT2D eigenvalue weighted by atomic mass is 35.5. The van der Waals surface area contributed by atoms with Crippen LogP contribution in [0.4, 0.5) is 32.0 Å². The van der Waals surface area contributed by atoms with Gasteiger partial charge in [0.25, 0.3) is 0 Å². The molecular formula is C12H12ClF6NO2. The van der Waals surface area contributed by atoms with Gasteiger partial charge in [0.15, 0.2) is 6.61 Å². The van der Waals surface area contributed by atoms with Crippen LogP contribution >= 0.6 is 11.6 Å². The van der Waals surface area contributed by atoms with Gasteiger partial charge in [-0.1, -0.05) is 0 Å². The fourth-order valence-electron chi connectivity index (χ4n) is 1.41. The SMILES string of the molecule is OC(CCl)CNc1cc(C(F)(F)F)ccc1OCC(F)(F)F. The molecule has 0 radical (unpaired) electrons. The first-order valence-corrected chi connectivity index (χ1v) is 6.45. The molecule has 22 heavy (non-hydrogen) atoms. The molecule has 0 amide bonds. The van der Waals surface area contributed by atoms with Gasteiger partial charge in [-0.2, -0.15) is 26.3 Å². The molecule has 126 valence electrons. The average Bonchev–Trinajstić information content (AvgIpc) is 2.40. The average molecular weight is 352 g/mol. The van der Waals surface area contributed by atoms with Gasteiger partial charge in [0.1, 0.15) is 5.75 Å². The van der Waals surface area contributed by atoms with E-state index in [4.69, 9.17) is 11.6 Å². The number of aliphatic hydroxyl groups is 1. The molecule has 2 N–H and O–H groups in total. The second-order valence-electron chi connectivity index (χ2n) is 4.30. The Kier molecular flexibility index (Phi) is 6.18. The van der Waals surface area contributed by atoms with E-state index >= 15 is 0 Å². The van der Waals surface area contributed by atoms with Crippen molar-refractivity contribution >= 4 is 17.3 Å². The predicted octanol–water partition coefficient (Wildman–Crippen LogP) is 3.66. The number of hydrogen-bond acceptors (Lipinski definition) is 3. The largest absolute Gasteiger partial charge is 0.482 e. The molecule has 0 aliphatic rings. The molecule has 1 unspecified atom stereocenters. The van der Waals surface area contributed by atoms with Crippen LogP contribution in [0.3, 0.4) is 0 Å². The van der Waals surface area contributed by atoms with Crippen LogP contribution in [0.2, 0.25) is 0 Å². The molecule has 0 saturated heterocycles. The van der Waals surface area contributed by atoms with Crippen molar-refractivity contribution in [1.82, 2.24) is 0 Å². The molecule has 10 heteroatoms. The first-order valence-electron chi connectivity index (χ1n) is 5.91. The lowest BCUT2D eigenvalue weighted by Gasteiger charge is -2.17. The summed E-state index contributed by atoms with van der Waals surface area (Å²) in [6.45, 7) is -1.89. The first kappa shape index (κ1) is 18.7. The number of nitrogens with one attached hydrogen (secondary N) is 1. The molecular weight excluding hydrogens is 340 g/mol. The van der Waals surface area contributed by atoms with E-state index < -0.39 is 36.4 Å². The second-order valence-corrected chi connectivity index (χ2v) is 4.61. The summed E-state index contributed by atoms with van der Waals surface area (Å²) in [6, 6.07) is 1.99. The number of aliphatic hydroxyl groups excluding tert-OH is 1. The van der Waals surface area contributed by atoms with Gasteiger partial charge in [-0.25, -0.2) is 0 Å². The molecule has 1 rings (SSSR count). The Balaban J connectivity index is 2.98. The van der Waals surface area contributed by atoms with Gasteiger partial charge in [0.05, 0.1) is 23.2 Å². The molecule has 1 atom stereocenters. The van der Waals surface area contributed by atoms with Crippen LogP contribution in [-0.4, -0.2) is 36.4 Å². The van der Waals surface area contributed by atoms with E-state index in [2.05, 4.69) is 10.1 Å². The van der Waals surface area contributed by atoms with E-state index in [1.54, 1.807) is 0 Å². The van der Waals surface area contributed by atoms with Gasteiger partial charge in [-0.05, 0) is 18.2 Å². The predicted molar refractivity (Wildman–Crippen MR) is 68.2 cm³/mol. The molecule has 0 bridgehead atoms. The lowest BCUT2D eigenvalue weighted by atomic mass is 10.1. The second kappa shape index (κ2) is 7.28. The number of benzene rings is 1. The zero-order valence-electron chi connectivity index (χ0n) is 10.9. The number of halogens is 7. The minimum Gasteiger partial charge on any atom is -0.482 e. The monoisotopic (exact) mass is 351 g/mol. The lowest BCUT2D eigenvalue weighted by molar-refractivity contribution is -0.153. The standard InChI is InChI=1S/C12H12ClF6NO2/c13-4-8(21)5-20-9-3-7(12(17,18)19)1-2-10(9)22-6-11(14,15)16/h1-3,8,20-21H,4-6H2. The molecule has 1 aromatic rings. The molecule has 0 spiro atoms. The Bertz CT molecular complexity index is 491. The summed E-state index contributed by atoms with van der Waals surface area (Å²) in [7, 11) is 0. The summed E-state index contributed by atoms with van der Waals surface area (Å²) in [5.41, 5.74) is -1.38. The van der Waals surface area contributed by atoms with E-state index in [1.165, 1.54) is 0 Å². The summed E-state index contributed by atoms with van der Waals surface area (Å²) < 4.78 is 78.7. The van der Waals surface area contributed by atoms with Crippen molar-refractivity contribution in [3.05, 3.63) is 23.8 Å². The smallest absolute Gasteiger partial charge is 0.422 e. The van der Waals surface area contributed by atoms with Crippen LogP contribution in [0.1, 0.15) is 5.56 Å². The van der Waals surface area contributed by atoms with Gasteiger partial charge in [0, 0.05) is 6.54 Å². The minimum atomic E-state index is -4.66. The summed E-state index contributed by atoms with van der Waals surface area (Å²) in [6.07, 6.45) is -10.4. The molecule has 0 fully saturated rings. The highest BCUT2D eigenvalue weighted by Crippen LogP contribution is 2.35. The molecule has 0 heterocycles. The van der Waals surface area contributed by atoms with Crippen molar-refractivity contribution < 1.29 is 36.2 Å². The minimum absolute atomic E-state index is 0.190. The number of anilines is 1. The summed E-state index contributed by atoms with van der Waals surface area (Å²) in [5, 5.41) is 11.6. The number of ether oxygens (including phenoxy) is 1. The molecule has 1 aromatic carbocycles. The molecule has 0 aliphatic carbocycles. The Hall–Kier alpha value is -1.35. The third-order valence-electron chi connectivity index (χ3n) is 2.40. The fourth-order valence-corrected chi connectivity index (χ4v) is 1.52. The van der Waals surface area contributed by atoms with Crippen molar-refractivity contribution in [2.24, 2.45) is 0 Å². The van der Waals surface area contributed by atoms with Crippen molar-refractivity contribution in [3.8, 4) is 5.75 Å². The third-order valence-corrected chi connectivity index (χ3v) is 2.76. The zero-order chi connectivity index (χ0) is 17.0.